The van der Waals surface area contributed by atoms with Crippen molar-refractivity contribution in [1.82, 2.24) is 20.5 Å². The number of aryl methyl sites for hydroxylation is 1. The minimum Gasteiger partial charge on any atom is -0.494 e. The van der Waals surface area contributed by atoms with E-state index in [9.17, 15) is 14.3 Å². The van der Waals surface area contributed by atoms with Gasteiger partial charge in [-0.3, -0.25) is 4.79 Å². The van der Waals surface area contributed by atoms with Crippen molar-refractivity contribution >= 4 is 16.8 Å². The van der Waals surface area contributed by atoms with E-state index in [2.05, 4.69) is 15.5 Å². The van der Waals surface area contributed by atoms with Crippen LogP contribution in [0.3, 0.4) is 0 Å². The van der Waals surface area contributed by atoms with Crippen LogP contribution >= 0.6 is 0 Å². The van der Waals surface area contributed by atoms with Gasteiger partial charge in [-0.15, -0.1) is 5.10 Å². The van der Waals surface area contributed by atoms with Crippen molar-refractivity contribution in [3.05, 3.63) is 82.7 Å². The number of pyridine rings is 1. The van der Waals surface area contributed by atoms with Gasteiger partial charge in [-0.25, -0.2) is 13.8 Å². The molecule has 1 aliphatic rings. The molecule has 8 nitrogen and oxygen atoms in total. The number of hydrogen-bond donors (Lipinski definition) is 2. The van der Waals surface area contributed by atoms with Gasteiger partial charge in [-0.05, 0) is 75.7 Å². The van der Waals surface area contributed by atoms with E-state index in [1.54, 1.807) is 12.1 Å². The van der Waals surface area contributed by atoms with Crippen molar-refractivity contribution in [2.24, 2.45) is 5.41 Å². The molecule has 1 unspecified atom stereocenters. The van der Waals surface area contributed by atoms with Crippen LogP contribution in [0, 0.1) is 24.0 Å². The standard InChI is InChI=1S/C32H34F2N4O4/c1-18-13-20-14-21(15-24(41-6)27(20)38-37-18)29(39)35-17-32(30(2,3)11-12-42-32)25-16-23(31(4,5)40)26(34)28(36-25)19-7-9-22(33)10-8-19/h7-10,13-16,40H,11-12,17H2,1-6H3,(H,35,39). The number of rotatable bonds is 7. The summed E-state index contributed by atoms with van der Waals surface area (Å²) in [6, 6.07) is 12.0. The summed E-state index contributed by atoms with van der Waals surface area (Å²) in [5.41, 5.74) is -1.02. The topological polar surface area (TPSA) is 106 Å². The number of fused-ring (bicyclic) bond motifs is 1. The molecule has 42 heavy (non-hydrogen) atoms. The molecule has 2 aromatic heterocycles. The van der Waals surface area contributed by atoms with Crippen LogP contribution < -0.4 is 10.1 Å². The molecule has 1 saturated heterocycles. The van der Waals surface area contributed by atoms with Crippen LogP contribution in [0.2, 0.25) is 0 Å². The van der Waals surface area contributed by atoms with E-state index in [0.29, 0.717) is 52.2 Å². The number of benzene rings is 2. The average molecular weight is 577 g/mol. The first-order valence-electron chi connectivity index (χ1n) is 13.7. The summed E-state index contributed by atoms with van der Waals surface area (Å²) >= 11 is 0. The predicted molar refractivity (Wildman–Crippen MR) is 154 cm³/mol. The first-order chi connectivity index (χ1) is 19.8. The van der Waals surface area contributed by atoms with Crippen molar-refractivity contribution in [2.45, 2.75) is 52.2 Å². The molecular weight excluding hydrogens is 542 g/mol. The van der Waals surface area contributed by atoms with E-state index in [0.717, 1.165) is 0 Å². The van der Waals surface area contributed by atoms with E-state index in [4.69, 9.17) is 14.5 Å². The number of nitrogens with zero attached hydrogens (tertiary/aromatic N) is 3. The van der Waals surface area contributed by atoms with E-state index >= 15 is 4.39 Å². The second-order valence-electron chi connectivity index (χ2n) is 11.9. The molecule has 10 heteroatoms. The highest BCUT2D eigenvalue weighted by Crippen LogP contribution is 2.50. The third-order valence-electron chi connectivity index (χ3n) is 8.07. The van der Waals surface area contributed by atoms with Crippen LogP contribution in [0.4, 0.5) is 8.78 Å². The average Bonchev–Trinajstić information content (AvgIpc) is 3.25. The zero-order chi connectivity index (χ0) is 30.4. The number of halogens is 2. The summed E-state index contributed by atoms with van der Waals surface area (Å²) in [5, 5.41) is 22.9. The summed E-state index contributed by atoms with van der Waals surface area (Å²) < 4.78 is 41.4. The van der Waals surface area contributed by atoms with Gasteiger partial charge in [0.2, 0.25) is 0 Å². The fourth-order valence-corrected chi connectivity index (χ4v) is 5.48. The van der Waals surface area contributed by atoms with Crippen molar-refractivity contribution in [3.8, 4) is 17.0 Å². The normalized spacial score (nSPS) is 18.3. The largest absolute Gasteiger partial charge is 0.494 e. The minimum absolute atomic E-state index is 0.0135. The molecule has 220 valence electrons. The molecule has 1 aliphatic heterocycles. The SMILES string of the molecule is COc1cc(C(=O)NCC2(c3cc(C(C)(C)O)c(F)c(-c4ccc(F)cc4)n3)OCCC2(C)C)cc2cc(C)nnc12. The highest BCUT2D eigenvalue weighted by atomic mass is 19.1. The summed E-state index contributed by atoms with van der Waals surface area (Å²) in [7, 11) is 1.50. The number of carbonyl (C=O) groups excluding carboxylic acids is 1. The minimum atomic E-state index is -1.56. The van der Waals surface area contributed by atoms with Gasteiger partial charge in [0.05, 0.1) is 30.6 Å². The Morgan fingerprint density at radius 3 is 2.45 bits per heavy atom. The summed E-state index contributed by atoms with van der Waals surface area (Å²) in [4.78, 5) is 18.3. The highest BCUT2D eigenvalue weighted by molar-refractivity contribution is 5.99. The first kappa shape index (κ1) is 29.5. The van der Waals surface area contributed by atoms with Crippen LogP contribution in [0.15, 0.2) is 48.5 Å². The Labute approximate surface area is 243 Å². The number of aromatic nitrogens is 3. The van der Waals surface area contributed by atoms with Gasteiger partial charge in [-0.2, -0.15) is 5.10 Å². The van der Waals surface area contributed by atoms with E-state index in [-0.39, 0.29) is 23.7 Å². The smallest absolute Gasteiger partial charge is 0.251 e. The maximum Gasteiger partial charge on any atom is 0.251 e. The van der Waals surface area contributed by atoms with Crippen molar-refractivity contribution in [3.63, 3.8) is 0 Å². The van der Waals surface area contributed by atoms with Crippen LogP contribution in [0.1, 0.15) is 61.4 Å². The van der Waals surface area contributed by atoms with Crippen LogP contribution in [-0.2, 0) is 15.9 Å². The van der Waals surface area contributed by atoms with Crippen molar-refractivity contribution in [1.29, 1.82) is 0 Å². The molecular formula is C32H34F2N4O4. The molecule has 1 atom stereocenters. The lowest BCUT2D eigenvalue weighted by atomic mass is 9.71. The fourth-order valence-electron chi connectivity index (χ4n) is 5.48. The third-order valence-corrected chi connectivity index (χ3v) is 8.07. The van der Waals surface area contributed by atoms with Crippen LogP contribution in [0.5, 0.6) is 5.75 Å². The van der Waals surface area contributed by atoms with Gasteiger partial charge in [0.25, 0.3) is 5.91 Å². The maximum atomic E-state index is 15.9. The Bertz CT molecular complexity index is 1670. The van der Waals surface area contributed by atoms with E-state index in [1.165, 1.54) is 51.3 Å². The molecule has 4 aromatic rings. The lowest BCUT2D eigenvalue weighted by molar-refractivity contribution is -0.0576. The van der Waals surface area contributed by atoms with Gasteiger partial charge in [0.1, 0.15) is 28.4 Å². The monoisotopic (exact) mass is 576 g/mol. The van der Waals surface area contributed by atoms with Gasteiger partial charge < -0.3 is 19.9 Å². The third kappa shape index (κ3) is 5.20. The molecule has 1 fully saturated rings. The summed E-state index contributed by atoms with van der Waals surface area (Å²) in [6.45, 7) is 9.17. The number of carbonyl (C=O) groups is 1. The number of hydrogen-bond acceptors (Lipinski definition) is 7. The molecule has 3 heterocycles. The van der Waals surface area contributed by atoms with Gasteiger partial charge in [0.15, 0.2) is 5.82 Å². The molecule has 0 saturated carbocycles. The molecule has 0 bridgehead atoms. The Kier molecular flexibility index (Phi) is 7.49. The fraction of sp³-hybridized carbons (Fsp3) is 0.375. The van der Waals surface area contributed by atoms with Gasteiger partial charge in [0, 0.05) is 34.1 Å². The second kappa shape index (κ2) is 10.7. The number of aliphatic hydroxyl groups is 1. The lowest BCUT2D eigenvalue weighted by Gasteiger charge is -2.40. The lowest BCUT2D eigenvalue weighted by Crippen LogP contribution is -2.49. The number of ether oxygens (including phenoxy) is 2. The molecule has 1 amide bonds. The van der Waals surface area contributed by atoms with E-state index in [1.807, 2.05) is 26.8 Å². The Balaban J connectivity index is 1.59. The predicted octanol–water partition coefficient (Wildman–Crippen LogP) is 5.59. The highest BCUT2D eigenvalue weighted by Gasteiger charge is 2.53. The van der Waals surface area contributed by atoms with Gasteiger partial charge in [-0.1, -0.05) is 13.8 Å². The summed E-state index contributed by atoms with van der Waals surface area (Å²) in [6.07, 6.45) is 0.646. The number of amides is 1. The zero-order valence-electron chi connectivity index (χ0n) is 24.5. The Morgan fingerprint density at radius 2 is 1.83 bits per heavy atom. The van der Waals surface area contributed by atoms with E-state index < -0.39 is 28.3 Å². The molecule has 5 rings (SSSR count). The molecule has 0 aliphatic carbocycles. The van der Waals surface area contributed by atoms with Gasteiger partial charge >= 0.3 is 0 Å². The van der Waals surface area contributed by atoms with Crippen molar-refractivity contribution in [2.75, 3.05) is 20.3 Å². The second-order valence-corrected chi connectivity index (χ2v) is 11.9. The molecule has 0 spiro atoms. The van der Waals surface area contributed by atoms with Crippen molar-refractivity contribution < 1.29 is 28.2 Å². The zero-order valence-corrected chi connectivity index (χ0v) is 24.5. The number of nitrogens with one attached hydrogen (secondary N) is 1. The molecule has 0 radical (unpaired) electrons. The maximum absolute atomic E-state index is 15.9. The molecule has 2 aromatic carbocycles. The molecule has 2 N–H and O–H groups in total. The first-order valence-corrected chi connectivity index (χ1v) is 13.7. The number of methoxy groups -OCH3 is 1. The quantitative estimate of drug-likeness (QED) is 0.296. The van der Waals surface area contributed by atoms with Crippen LogP contribution in [0.25, 0.3) is 22.2 Å². The Morgan fingerprint density at radius 1 is 1.12 bits per heavy atom. The van der Waals surface area contributed by atoms with Crippen LogP contribution in [-0.4, -0.2) is 46.5 Å². The Hall–Kier alpha value is -4.02. The summed E-state index contributed by atoms with van der Waals surface area (Å²) in [5.74, 6) is -1.14.